The van der Waals surface area contributed by atoms with Crippen molar-refractivity contribution in [2.75, 3.05) is 13.7 Å². The minimum Gasteiger partial charge on any atom is -0.491 e. The predicted molar refractivity (Wildman–Crippen MR) is 110 cm³/mol. The van der Waals surface area contributed by atoms with E-state index < -0.39 is 12.1 Å². The van der Waals surface area contributed by atoms with Gasteiger partial charge in [-0.15, -0.1) is 0 Å². The second kappa shape index (κ2) is 12.2. The number of ether oxygens (including phenoxy) is 2. The van der Waals surface area contributed by atoms with E-state index in [1.807, 2.05) is 54.6 Å². The van der Waals surface area contributed by atoms with Crippen LogP contribution in [0.2, 0.25) is 0 Å². The SMILES string of the molecule is CO[C@H](/C=C/[C@H]1[C@H](O)CC(=O)[C@@H]1C/C=C\CCCC(=O)O)COc1ccccc1. The fourth-order valence-corrected chi connectivity index (χ4v) is 3.41. The predicted octanol–water partition coefficient (Wildman–Crippen LogP) is 3.40. The molecule has 0 aliphatic heterocycles. The summed E-state index contributed by atoms with van der Waals surface area (Å²) in [5.74, 6) is -0.534. The molecule has 1 saturated carbocycles. The Balaban J connectivity index is 1.88. The van der Waals surface area contributed by atoms with Crippen molar-refractivity contribution >= 4 is 11.8 Å². The standard InChI is InChI=1S/C23H30O6/c1-28-18(16-29-17-9-5-4-6-10-17)13-14-20-19(21(24)15-22(20)25)11-7-2-3-8-12-23(26)27/h2,4-7,9-10,13-14,18-20,22,25H,3,8,11-12,15-16H2,1H3,(H,26,27)/b7-2-,14-13+/t18-,19-,20-,22-/m1/s1. The first-order valence-electron chi connectivity index (χ1n) is 9.97. The summed E-state index contributed by atoms with van der Waals surface area (Å²) in [5, 5.41) is 18.9. The number of para-hydroxylation sites is 1. The fourth-order valence-electron chi connectivity index (χ4n) is 3.41. The van der Waals surface area contributed by atoms with E-state index in [1.165, 1.54) is 0 Å². The largest absolute Gasteiger partial charge is 0.491 e. The van der Waals surface area contributed by atoms with Crippen LogP contribution in [-0.4, -0.2) is 47.9 Å². The molecule has 1 aromatic carbocycles. The van der Waals surface area contributed by atoms with Gasteiger partial charge in [-0.1, -0.05) is 42.5 Å². The highest BCUT2D eigenvalue weighted by Gasteiger charge is 2.39. The van der Waals surface area contributed by atoms with Crippen LogP contribution in [0.1, 0.15) is 32.1 Å². The Bertz CT molecular complexity index is 697. The molecule has 2 rings (SSSR count). The first-order chi connectivity index (χ1) is 14.0. The molecule has 1 aromatic rings. The Hall–Kier alpha value is -2.44. The van der Waals surface area contributed by atoms with E-state index in [1.54, 1.807) is 7.11 Å². The van der Waals surface area contributed by atoms with E-state index in [-0.39, 0.29) is 36.6 Å². The lowest BCUT2D eigenvalue weighted by Crippen LogP contribution is -2.21. The number of aliphatic hydroxyl groups is 1. The number of ketones is 1. The highest BCUT2D eigenvalue weighted by atomic mass is 16.5. The molecular formula is C23H30O6. The van der Waals surface area contributed by atoms with Crippen LogP contribution in [0.3, 0.4) is 0 Å². The molecule has 0 unspecified atom stereocenters. The number of carboxylic acid groups (broad SMARTS) is 1. The highest BCUT2D eigenvalue weighted by molar-refractivity contribution is 5.84. The van der Waals surface area contributed by atoms with Crippen molar-refractivity contribution in [3.63, 3.8) is 0 Å². The van der Waals surface area contributed by atoms with Crippen molar-refractivity contribution in [1.29, 1.82) is 0 Å². The lowest BCUT2D eigenvalue weighted by Gasteiger charge is -2.18. The number of benzene rings is 1. The van der Waals surface area contributed by atoms with E-state index in [4.69, 9.17) is 14.6 Å². The van der Waals surface area contributed by atoms with Gasteiger partial charge in [0.05, 0.1) is 6.10 Å². The summed E-state index contributed by atoms with van der Waals surface area (Å²) in [6, 6.07) is 9.45. The third kappa shape index (κ3) is 7.83. The van der Waals surface area contributed by atoms with Crippen LogP contribution in [0.25, 0.3) is 0 Å². The topological polar surface area (TPSA) is 93.1 Å². The second-order valence-corrected chi connectivity index (χ2v) is 7.20. The van der Waals surface area contributed by atoms with Crippen LogP contribution >= 0.6 is 0 Å². The van der Waals surface area contributed by atoms with Crippen molar-refractivity contribution < 1.29 is 29.3 Å². The molecule has 158 valence electrons. The average molecular weight is 402 g/mol. The van der Waals surface area contributed by atoms with Gasteiger partial charge in [0.1, 0.15) is 24.2 Å². The maximum Gasteiger partial charge on any atom is 0.303 e. The van der Waals surface area contributed by atoms with Crippen LogP contribution in [0.4, 0.5) is 0 Å². The number of carbonyl (C=O) groups excluding carboxylic acids is 1. The minimum absolute atomic E-state index is 0.0526. The second-order valence-electron chi connectivity index (χ2n) is 7.20. The van der Waals surface area contributed by atoms with Gasteiger partial charge in [0, 0.05) is 31.8 Å². The lowest BCUT2D eigenvalue weighted by molar-refractivity contribution is -0.137. The monoisotopic (exact) mass is 402 g/mol. The Labute approximate surface area is 171 Å². The van der Waals surface area contributed by atoms with Gasteiger partial charge in [0.25, 0.3) is 0 Å². The molecule has 0 radical (unpaired) electrons. The molecule has 6 heteroatoms. The molecule has 1 fully saturated rings. The molecule has 29 heavy (non-hydrogen) atoms. The highest BCUT2D eigenvalue weighted by Crippen LogP contribution is 2.33. The molecule has 0 amide bonds. The number of Topliss-reactive ketones (excluding diaryl/α,β-unsaturated/α-hetero) is 1. The molecule has 0 spiro atoms. The molecule has 0 bridgehead atoms. The molecule has 0 aromatic heterocycles. The van der Waals surface area contributed by atoms with Gasteiger partial charge >= 0.3 is 5.97 Å². The van der Waals surface area contributed by atoms with Crippen LogP contribution in [0.15, 0.2) is 54.6 Å². The number of hydrogen-bond donors (Lipinski definition) is 2. The molecule has 0 heterocycles. The number of unbranched alkanes of at least 4 members (excludes halogenated alkanes) is 1. The number of rotatable bonds is 12. The smallest absolute Gasteiger partial charge is 0.303 e. The van der Waals surface area contributed by atoms with Crippen molar-refractivity contribution in [1.82, 2.24) is 0 Å². The zero-order valence-corrected chi connectivity index (χ0v) is 16.8. The molecule has 4 atom stereocenters. The Morgan fingerprint density at radius 3 is 2.72 bits per heavy atom. The van der Waals surface area contributed by atoms with Crippen LogP contribution in [-0.2, 0) is 14.3 Å². The lowest BCUT2D eigenvalue weighted by atomic mass is 9.90. The number of aliphatic hydroxyl groups excluding tert-OH is 1. The number of carbonyl (C=O) groups is 2. The summed E-state index contributed by atoms with van der Waals surface area (Å²) in [5.41, 5.74) is 0. The number of carboxylic acids is 1. The molecule has 2 N–H and O–H groups in total. The zero-order chi connectivity index (χ0) is 21.1. The molecule has 1 aliphatic rings. The third-order valence-corrected chi connectivity index (χ3v) is 5.06. The number of hydrogen-bond acceptors (Lipinski definition) is 5. The van der Waals surface area contributed by atoms with E-state index in [0.29, 0.717) is 25.9 Å². The quantitative estimate of drug-likeness (QED) is 0.411. The molecule has 0 saturated heterocycles. The third-order valence-electron chi connectivity index (χ3n) is 5.06. The molecule has 1 aliphatic carbocycles. The Morgan fingerprint density at radius 2 is 2.03 bits per heavy atom. The van der Waals surface area contributed by atoms with Crippen molar-refractivity contribution in [2.24, 2.45) is 11.8 Å². The van der Waals surface area contributed by atoms with Gasteiger partial charge in [-0.2, -0.15) is 0 Å². The number of methoxy groups -OCH3 is 1. The van der Waals surface area contributed by atoms with Crippen molar-refractivity contribution in [3.8, 4) is 5.75 Å². The van der Waals surface area contributed by atoms with Gasteiger partial charge in [-0.25, -0.2) is 0 Å². The van der Waals surface area contributed by atoms with Gasteiger partial charge in [-0.05, 0) is 31.4 Å². The first-order valence-corrected chi connectivity index (χ1v) is 9.97. The molecular weight excluding hydrogens is 372 g/mol. The Morgan fingerprint density at radius 1 is 1.28 bits per heavy atom. The van der Waals surface area contributed by atoms with Crippen molar-refractivity contribution in [3.05, 3.63) is 54.6 Å². The van der Waals surface area contributed by atoms with Gasteiger partial charge in [0.2, 0.25) is 0 Å². The minimum atomic E-state index is -0.804. The van der Waals surface area contributed by atoms with Gasteiger partial charge < -0.3 is 19.7 Å². The Kier molecular flexibility index (Phi) is 9.60. The zero-order valence-electron chi connectivity index (χ0n) is 16.8. The summed E-state index contributed by atoms with van der Waals surface area (Å²) in [7, 11) is 1.59. The summed E-state index contributed by atoms with van der Waals surface area (Å²) in [4.78, 5) is 22.8. The van der Waals surface area contributed by atoms with E-state index in [9.17, 15) is 14.7 Å². The maximum atomic E-state index is 12.3. The van der Waals surface area contributed by atoms with Gasteiger partial charge in [-0.3, -0.25) is 9.59 Å². The number of allylic oxidation sites excluding steroid dienone is 2. The van der Waals surface area contributed by atoms with E-state index >= 15 is 0 Å². The molecule has 6 nitrogen and oxygen atoms in total. The summed E-state index contributed by atoms with van der Waals surface area (Å²) in [6.45, 7) is 0.335. The van der Waals surface area contributed by atoms with E-state index in [0.717, 1.165) is 5.75 Å². The summed E-state index contributed by atoms with van der Waals surface area (Å²) in [6.07, 6.45) is 8.62. The maximum absolute atomic E-state index is 12.3. The fraction of sp³-hybridized carbons (Fsp3) is 0.478. The number of aliphatic carboxylic acids is 1. The first kappa shape index (κ1) is 22.8. The summed E-state index contributed by atoms with van der Waals surface area (Å²) < 4.78 is 11.1. The normalized spacial score (nSPS) is 23.1. The van der Waals surface area contributed by atoms with E-state index in [2.05, 4.69) is 0 Å². The van der Waals surface area contributed by atoms with Crippen molar-refractivity contribution in [2.45, 2.75) is 44.3 Å². The van der Waals surface area contributed by atoms with Crippen LogP contribution in [0.5, 0.6) is 5.75 Å². The summed E-state index contributed by atoms with van der Waals surface area (Å²) >= 11 is 0. The van der Waals surface area contributed by atoms with Crippen LogP contribution < -0.4 is 4.74 Å². The average Bonchev–Trinajstić information content (AvgIpc) is 2.98. The van der Waals surface area contributed by atoms with Crippen LogP contribution in [0, 0.1) is 11.8 Å². The van der Waals surface area contributed by atoms with Gasteiger partial charge in [0.15, 0.2) is 0 Å².